The second kappa shape index (κ2) is 5.51. The van der Waals surface area contributed by atoms with Gasteiger partial charge in [0.2, 0.25) is 5.82 Å². The maximum absolute atomic E-state index is 4.87. The molecule has 5 rings (SSSR count). The predicted octanol–water partition coefficient (Wildman–Crippen LogP) is 3.47. The number of halogens is 1. The van der Waals surface area contributed by atoms with Gasteiger partial charge in [-0.1, -0.05) is 6.07 Å². The largest absolute Gasteiger partial charge is 0.349 e. The highest BCUT2D eigenvalue weighted by atomic mass is 79.9. The first-order valence-corrected chi connectivity index (χ1v) is 9.22. The minimum Gasteiger partial charge on any atom is -0.349 e. The van der Waals surface area contributed by atoms with E-state index in [2.05, 4.69) is 42.1 Å². The predicted molar refractivity (Wildman–Crippen MR) is 94.9 cm³/mol. The number of nitrogens with zero attached hydrogens (tertiary/aromatic N) is 6. The number of pyridine rings is 1. The second-order valence-electron chi connectivity index (χ2n) is 6.55. The molecule has 0 spiro atoms. The summed E-state index contributed by atoms with van der Waals surface area (Å²) in [6.07, 6.45) is 6.46. The van der Waals surface area contributed by atoms with Crippen LogP contribution in [0.2, 0.25) is 0 Å². The van der Waals surface area contributed by atoms with Gasteiger partial charge in [0.1, 0.15) is 16.1 Å². The monoisotopic (exact) mass is 384 g/mol. The summed E-state index contributed by atoms with van der Waals surface area (Å²) in [6, 6.07) is 11.1. The van der Waals surface area contributed by atoms with Gasteiger partial charge in [0.05, 0.1) is 0 Å². The summed E-state index contributed by atoms with van der Waals surface area (Å²) in [5, 5.41) is 13.4. The third-order valence-corrected chi connectivity index (χ3v) is 5.59. The summed E-state index contributed by atoms with van der Waals surface area (Å²) >= 11 is 3.42. The molecule has 5 heterocycles. The van der Waals surface area contributed by atoms with Crippen LogP contribution in [0, 0.1) is 0 Å². The van der Waals surface area contributed by atoms with Crippen LogP contribution < -0.4 is 4.90 Å². The Morgan fingerprint density at radius 3 is 2.58 bits per heavy atom. The van der Waals surface area contributed by atoms with Crippen LogP contribution >= 0.6 is 15.9 Å². The van der Waals surface area contributed by atoms with Crippen molar-refractivity contribution in [3.63, 3.8) is 0 Å². The molecule has 0 N–H and O–H groups in total. The first-order valence-electron chi connectivity index (χ1n) is 8.43. The molecule has 2 bridgehead atoms. The molecule has 0 amide bonds. The number of hydrogen-bond donors (Lipinski definition) is 0. The molecule has 3 aromatic heterocycles. The topological polar surface area (TPSA) is 59.2 Å². The van der Waals surface area contributed by atoms with Gasteiger partial charge in [0.25, 0.3) is 0 Å². The normalized spacial score (nSPS) is 23.1. The Morgan fingerprint density at radius 1 is 0.958 bits per heavy atom. The summed E-state index contributed by atoms with van der Waals surface area (Å²) in [7, 11) is 0. The Hall–Kier alpha value is -2.02. The minimum atomic E-state index is 0.637. The molecule has 2 aliphatic heterocycles. The highest BCUT2D eigenvalue weighted by molar-refractivity contribution is 9.10. The molecular formula is C17H17BrN6. The molecule has 2 aliphatic rings. The van der Waals surface area contributed by atoms with Crippen LogP contribution in [0.15, 0.2) is 34.9 Å². The number of fused-ring (bicyclic) bond motifs is 3. The van der Waals surface area contributed by atoms with Crippen molar-refractivity contribution in [2.75, 3.05) is 4.90 Å². The van der Waals surface area contributed by atoms with Gasteiger partial charge >= 0.3 is 0 Å². The summed E-state index contributed by atoms with van der Waals surface area (Å²) in [6.45, 7) is 0. The Kier molecular flexibility index (Phi) is 3.29. The Morgan fingerprint density at radius 2 is 1.79 bits per heavy atom. The van der Waals surface area contributed by atoms with E-state index in [1.165, 1.54) is 32.1 Å². The molecule has 24 heavy (non-hydrogen) atoms. The van der Waals surface area contributed by atoms with Crippen molar-refractivity contribution in [2.45, 2.75) is 44.2 Å². The molecule has 122 valence electrons. The van der Waals surface area contributed by atoms with Crippen LogP contribution in [0.3, 0.4) is 0 Å². The molecule has 2 atom stereocenters. The second-order valence-corrected chi connectivity index (χ2v) is 7.37. The van der Waals surface area contributed by atoms with Gasteiger partial charge < -0.3 is 4.90 Å². The standard InChI is InChI=1S/C17H17BrN6/c18-14-6-2-5-13(19-14)17-21-20-15-9-10-16(22-24(15)17)23-11-3-1-4-12(23)8-7-11/h2,5-6,9-12H,1,3-4,7-8H2. The Balaban J connectivity index is 1.62. The molecule has 0 radical (unpaired) electrons. The van der Waals surface area contributed by atoms with Crippen molar-refractivity contribution in [1.29, 1.82) is 0 Å². The smallest absolute Gasteiger partial charge is 0.203 e. The number of piperidine rings is 1. The van der Waals surface area contributed by atoms with Gasteiger partial charge in [-0.25, -0.2) is 4.98 Å². The van der Waals surface area contributed by atoms with E-state index in [9.17, 15) is 0 Å². The molecule has 2 fully saturated rings. The highest BCUT2D eigenvalue weighted by Gasteiger charge is 2.37. The van der Waals surface area contributed by atoms with Gasteiger partial charge in [-0.3, -0.25) is 0 Å². The van der Waals surface area contributed by atoms with E-state index in [-0.39, 0.29) is 0 Å². The van der Waals surface area contributed by atoms with Crippen LogP contribution in [0.1, 0.15) is 32.1 Å². The Bertz CT molecular complexity index is 891. The van der Waals surface area contributed by atoms with Gasteiger partial charge in [0, 0.05) is 12.1 Å². The van der Waals surface area contributed by atoms with Crippen LogP contribution in [0.5, 0.6) is 0 Å². The summed E-state index contributed by atoms with van der Waals surface area (Å²) in [4.78, 5) is 7.00. The van der Waals surface area contributed by atoms with Crippen molar-refractivity contribution < 1.29 is 0 Å². The van der Waals surface area contributed by atoms with Crippen molar-refractivity contribution in [3.05, 3.63) is 34.9 Å². The van der Waals surface area contributed by atoms with Gasteiger partial charge in [-0.05, 0) is 72.3 Å². The molecule has 0 saturated carbocycles. The fourth-order valence-corrected chi connectivity index (χ4v) is 4.44. The molecule has 7 heteroatoms. The fraction of sp³-hybridized carbons (Fsp3) is 0.412. The van der Waals surface area contributed by atoms with Gasteiger partial charge in [-0.15, -0.1) is 15.3 Å². The first-order chi connectivity index (χ1) is 11.8. The van der Waals surface area contributed by atoms with Crippen molar-refractivity contribution in [2.24, 2.45) is 0 Å². The van der Waals surface area contributed by atoms with E-state index >= 15 is 0 Å². The third-order valence-electron chi connectivity index (χ3n) is 5.15. The number of rotatable bonds is 2. The van der Waals surface area contributed by atoms with Crippen LogP contribution in [-0.2, 0) is 0 Å². The van der Waals surface area contributed by atoms with Crippen molar-refractivity contribution in [1.82, 2.24) is 24.8 Å². The lowest BCUT2D eigenvalue weighted by Gasteiger charge is -2.35. The summed E-state index contributed by atoms with van der Waals surface area (Å²) in [5.41, 5.74) is 1.52. The molecule has 3 aromatic rings. The molecule has 6 nitrogen and oxygen atoms in total. The Labute approximate surface area is 148 Å². The van der Waals surface area contributed by atoms with E-state index in [4.69, 9.17) is 5.10 Å². The molecule has 0 aliphatic carbocycles. The van der Waals surface area contributed by atoms with Crippen molar-refractivity contribution >= 4 is 27.4 Å². The first kappa shape index (κ1) is 14.3. The van der Waals surface area contributed by atoms with Gasteiger partial charge in [-0.2, -0.15) is 4.52 Å². The average Bonchev–Trinajstić information content (AvgIpc) is 3.12. The number of anilines is 1. The lowest BCUT2D eigenvalue weighted by molar-refractivity contribution is 0.462. The third kappa shape index (κ3) is 2.22. The maximum atomic E-state index is 4.87. The quantitative estimate of drug-likeness (QED) is 0.633. The minimum absolute atomic E-state index is 0.637. The molecule has 2 saturated heterocycles. The van der Waals surface area contributed by atoms with E-state index in [1.54, 1.807) is 0 Å². The fourth-order valence-electron chi connectivity index (χ4n) is 4.10. The van der Waals surface area contributed by atoms with Crippen LogP contribution in [0.25, 0.3) is 17.2 Å². The maximum Gasteiger partial charge on any atom is 0.203 e. The van der Waals surface area contributed by atoms with E-state index < -0.39 is 0 Å². The SMILES string of the molecule is Brc1cccc(-c2nnc3ccc(N4C5CCCC4CC5)nn23)n1. The van der Waals surface area contributed by atoms with Crippen LogP contribution in [0.4, 0.5) is 5.82 Å². The molecular weight excluding hydrogens is 368 g/mol. The summed E-state index contributed by atoms with van der Waals surface area (Å²) < 4.78 is 2.60. The zero-order valence-corrected chi connectivity index (χ0v) is 14.7. The van der Waals surface area contributed by atoms with E-state index in [1.807, 2.05) is 28.8 Å². The lowest BCUT2D eigenvalue weighted by atomic mass is 10.0. The van der Waals surface area contributed by atoms with Crippen LogP contribution in [-0.4, -0.2) is 36.9 Å². The van der Waals surface area contributed by atoms with Crippen molar-refractivity contribution in [3.8, 4) is 11.5 Å². The zero-order chi connectivity index (χ0) is 16.1. The van der Waals surface area contributed by atoms with Gasteiger partial charge in [0.15, 0.2) is 5.65 Å². The highest BCUT2D eigenvalue weighted by Crippen LogP contribution is 2.38. The lowest BCUT2D eigenvalue weighted by Crippen LogP contribution is -2.40. The van der Waals surface area contributed by atoms with E-state index in [0.29, 0.717) is 17.9 Å². The molecule has 0 aromatic carbocycles. The van der Waals surface area contributed by atoms with E-state index in [0.717, 1.165) is 21.8 Å². The number of hydrogen-bond acceptors (Lipinski definition) is 5. The zero-order valence-electron chi connectivity index (χ0n) is 13.1. The molecule has 2 unspecified atom stereocenters. The summed E-state index contributed by atoms with van der Waals surface area (Å²) in [5.74, 6) is 1.71. The number of aromatic nitrogens is 5. The average molecular weight is 385 g/mol.